The van der Waals surface area contributed by atoms with E-state index in [1.165, 1.54) is 5.56 Å². The largest absolute Gasteiger partial charge is 0.375 e. The molecule has 1 unspecified atom stereocenters. The number of carbonyl (C=O) groups excluding carboxylic acids is 1. The van der Waals surface area contributed by atoms with Crippen molar-refractivity contribution in [3.8, 4) is 0 Å². The van der Waals surface area contributed by atoms with Gasteiger partial charge in [-0.25, -0.2) is 0 Å². The summed E-state index contributed by atoms with van der Waals surface area (Å²) in [4.78, 5) is 11.7. The third-order valence-corrected chi connectivity index (χ3v) is 3.46. The van der Waals surface area contributed by atoms with Gasteiger partial charge in [0.15, 0.2) is 0 Å². The molecule has 2 rings (SSSR count). The highest BCUT2D eigenvalue weighted by molar-refractivity contribution is 7.07. The summed E-state index contributed by atoms with van der Waals surface area (Å²) in [5, 5.41) is 7.39. The van der Waals surface area contributed by atoms with Gasteiger partial charge in [-0.05, 0) is 28.8 Å². The quantitative estimate of drug-likeness (QED) is 0.848. The van der Waals surface area contributed by atoms with Crippen LogP contribution in [-0.4, -0.2) is 31.6 Å². The number of carbonyl (C=O) groups is 1. The molecular formula is C12H17NO2S. The second-order valence-electron chi connectivity index (χ2n) is 4.07. The first-order valence-corrected chi connectivity index (χ1v) is 6.64. The highest BCUT2D eigenvalue weighted by Crippen LogP contribution is 2.11. The Morgan fingerprint density at radius 2 is 2.56 bits per heavy atom. The van der Waals surface area contributed by atoms with Gasteiger partial charge in [0.2, 0.25) is 0 Å². The first-order valence-electron chi connectivity index (χ1n) is 5.69. The fourth-order valence-corrected chi connectivity index (χ4v) is 2.53. The van der Waals surface area contributed by atoms with Crippen LogP contribution in [0.1, 0.15) is 18.4 Å². The molecule has 0 radical (unpaired) electrons. The van der Waals surface area contributed by atoms with E-state index in [0.29, 0.717) is 18.6 Å². The lowest BCUT2D eigenvalue weighted by atomic mass is 10.1. The molecule has 2 heterocycles. The lowest BCUT2D eigenvalue weighted by Gasteiger charge is -2.22. The zero-order valence-corrected chi connectivity index (χ0v) is 10.1. The van der Waals surface area contributed by atoms with Crippen molar-refractivity contribution < 1.29 is 9.53 Å². The van der Waals surface area contributed by atoms with Gasteiger partial charge < -0.3 is 10.1 Å². The first kappa shape index (κ1) is 11.8. The molecule has 1 aromatic heterocycles. The number of ketones is 1. The number of hydrogen-bond donors (Lipinski definition) is 1. The molecule has 0 aliphatic carbocycles. The van der Waals surface area contributed by atoms with Gasteiger partial charge >= 0.3 is 0 Å². The van der Waals surface area contributed by atoms with Gasteiger partial charge in [-0.3, -0.25) is 4.79 Å². The van der Waals surface area contributed by atoms with E-state index in [1.807, 2.05) is 5.38 Å². The van der Waals surface area contributed by atoms with Crippen molar-refractivity contribution in [1.82, 2.24) is 5.32 Å². The predicted octanol–water partition coefficient (Wildman–Crippen LogP) is 1.63. The molecule has 1 aliphatic rings. The highest BCUT2D eigenvalue weighted by Gasteiger charge is 2.16. The summed E-state index contributed by atoms with van der Waals surface area (Å²) in [6.45, 7) is 2.44. The number of nitrogens with one attached hydrogen (secondary N) is 1. The van der Waals surface area contributed by atoms with E-state index in [0.717, 1.165) is 26.1 Å². The molecule has 0 spiro atoms. The van der Waals surface area contributed by atoms with Crippen molar-refractivity contribution in [3.63, 3.8) is 0 Å². The zero-order valence-electron chi connectivity index (χ0n) is 9.28. The van der Waals surface area contributed by atoms with E-state index >= 15 is 0 Å². The van der Waals surface area contributed by atoms with Gasteiger partial charge in [-0.1, -0.05) is 0 Å². The number of ether oxygens (including phenoxy) is 1. The Morgan fingerprint density at radius 3 is 3.25 bits per heavy atom. The van der Waals surface area contributed by atoms with Gasteiger partial charge in [0, 0.05) is 25.9 Å². The monoisotopic (exact) mass is 239 g/mol. The van der Waals surface area contributed by atoms with Crippen LogP contribution in [0.25, 0.3) is 0 Å². The van der Waals surface area contributed by atoms with Crippen LogP contribution in [0, 0.1) is 0 Å². The Morgan fingerprint density at radius 1 is 1.62 bits per heavy atom. The number of thiophene rings is 1. The Kier molecular flexibility index (Phi) is 4.51. The Labute approximate surface area is 99.8 Å². The molecule has 1 saturated heterocycles. The SMILES string of the molecule is O=C(CCc1ccsc1)CC1CNCCO1. The topological polar surface area (TPSA) is 38.3 Å². The number of rotatable bonds is 5. The summed E-state index contributed by atoms with van der Waals surface area (Å²) < 4.78 is 5.50. The third kappa shape index (κ3) is 3.70. The molecule has 0 bridgehead atoms. The van der Waals surface area contributed by atoms with Crippen LogP contribution < -0.4 is 5.32 Å². The number of morpholine rings is 1. The van der Waals surface area contributed by atoms with Gasteiger partial charge in [-0.15, -0.1) is 0 Å². The van der Waals surface area contributed by atoms with Crippen molar-refractivity contribution in [2.45, 2.75) is 25.4 Å². The molecule has 0 saturated carbocycles. The Bertz CT molecular complexity index is 318. The van der Waals surface area contributed by atoms with Crippen molar-refractivity contribution in [3.05, 3.63) is 22.4 Å². The second-order valence-corrected chi connectivity index (χ2v) is 4.85. The summed E-state index contributed by atoms with van der Waals surface area (Å²) in [5.74, 6) is 0.305. The van der Waals surface area contributed by atoms with E-state index in [2.05, 4.69) is 16.8 Å². The minimum absolute atomic E-state index is 0.0868. The average Bonchev–Trinajstić information content (AvgIpc) is 2.81. The molecule has 4 heteroatoms. The molecule has 16 heavy (non-hydrogen) atoms. The van der Waals surface area contributed by atoms with Gasteiger partial charge in [0.1, 0.15) is 5.78 Å². The van der Waals surface area contributed by atoms with Crippen LogP contribution in [0.15, 0.2) is 16.8 Å². The summed E-state index contributed by atoms with van der Waals surface area (Å²) in [6.07, 6.45) is 2.14. The van der Waals surface area contributed by atoms with Crippen LogP contribution >= 0.6 is 11.3 Å². The van der Waals surface area contributed by atoms with E-state index in [4.69, 9.17) is 4.74 Å². The zero-order chi connectivity index (χ0) is 11.2. The maximum absolute atomic E-state index is 11.7. The van der Waals surface area contributed by atoms with Crippen LogP contribution in [0.4, 0.5) is 0 Å². The number of aryl methyl sites for hydroxylation is 1. The molecule has 3 nitrogen and oxygen atoms in total. The number of hydrogen-bond acceptors (Lipinski definition) is 4. The van der Waals surface area contributed by atoms with E-state index in [9.17, 15) is 4.79 Å². The van der Waals surface area contributed by atoms with Gasteiger partial charge in [-0.2, -0.15) is 11.3 Å². The Hall–Kier alpha value is -0.710. The summed E-state index contributed by atoms with van der Waals surface area (Å²) in [6, 6.07) is 2.08. The minimum Gasteiger partial charge on any atom is -0.375 e. The standard InChI is InChI=1S/C12H17NO2S/c14-11(2-1-10-3-6-16-9-10)7-12-8-13-4-5-15-12/h3,6,9,12-13H,1-2,4-5,7-8H2. The average molecular weight is 239 g/mol. The van der Waals surface area contributed by atoms with Crippen molar-refractivity contribution in [2.24, 2.45) is 0 Å². The summed E-state index contributed by atoms with van der Waals surface area (Å²) in [7, 11) is 0. The van der Waals surface area contributed by atoms with Gasteiger partial charge in [0.05, 0.1) is 12.7 Å². The molecule has 1 aliphatic heterocycles. The van der Waals surface area contributed by atoms with Crippen molar-refractivity contribution in [2.75, 3.05) is 19.7 Å². The van der Waals surface area contributed by atoms with Crippen LogP contribution in [0.3, 0.4) is 0 Å². The van der Waals surface area contributed by atoms with Gasteiger partial charge in [0.25, 0.3) is 0 Å². The second kappa shape index (κ2) is 6.13. The molecule has 88 valence electrons. The minimum atomic E-state index is 0.0868. The van der Waals surface area contributed by atoms with Crippen LogP contribution in [-0.2, 0) is 16.0 Å². The van der Waals surface area contributed by atoms with E-state index in [1.54, 1.807) is 11.3 Å². The molecule has 1 fully saturated rings. The summed E-state index contributed by atoms with van der Waals surface area (Å²) >= 11 is 1.68. The third-order valence-electron chi connectivity index (χ3n) is 2.73. The fourth-order valence-electron chi connectivity index (χ4n) is 1.83. The first-order chi connectivity index (χ1) is 7.84. The molecule has 1 atom stereocenters. The smallest absolute Gasteiger partial charge is 0.135 e. The number of Topliss-reactive ketones (excluding diaryl/α,β-unsaturated/α-hetero) is 1. The lowest BCUT2D eigenvalue weighted by Crippen LogP contribution is -2.39. The molecule has 0 aromatic carbocycles. The fraction of sp³-hybridized carbons (Fsp3) is 0.583. The molecule has 0 amide bonds. The molecule has 1 N–H and O–H groups in total. The van der Waals surface area contributed by atoms with E-state index < -0.39 is 0 Å². The van der Waals surface area contributed by atoms with Crippen molar-refractivity contribution >= 4 is 17.1 Å². The normalized spacial score (nSPS) is 20.9. The summed E-state index contributed by atoms with van der Waals surface area (Å²) in [5.41, 5.74) is 1.26. The van der Waals surface area contributed by atoms with Crippen molar-refractivity contribution in [1.29, 1.82) is 0 Å². The van der Waals surface area contributed by atoms with Crippen LogP contribution in [0.2, 0.25) is 0 Å². The molecule has 1 aromatic rings. The maximum Gasteiger partial charge on any atom is 0.135 e. The predicted molar refractivity (Wildman–Crippen MR) is 64.9 cm³/mol. The highest BCUT2D eigenvalue weighted by atomic mass is 32.1. The Balaban J connectivity index is 1.67. The molecular weight excluding hydrogens is 222 g/mol. The lowest BCUT2D eigenvalue weighted by molar-refractivity contribution is -0.122. The van der Waals surface area contributed by atoms with Crippen LogP contribution in [0.5, 0.6) is 0 Å². The maximum atomic E-state index is 11.7. The van der Waals surface area contributed by atoms with E-state index in [-0.39, 0.29) is 6.10 Å².